The smallest absolute Gasteiger partial charge is 0.0312 e. The van der Waals surface area contributed by atoms with E-state index in [1.165, 1.54) is 0 Å². The van der Waals surface area contributed by atoms with Crippen LogP contribution in [0.5, 0.6) is 0 Å². The maximum atomic E-state index is 3.62. The summed E-state index contributed by atoms with van der Waals surface area (Å²) in [6.07, 6.45) is 6.73. The Kier molecular flexibility index (Phi) is 6.39. The molecule has 0 saturated carbocycles. The lowest BCUT2D eigenvalue weighted by molar-refractivity contribution is 0.783. The van der Waals surface area contributed by atoms with Crippen LogP contribution in [0.1, 0.15) is 20.3 Å². The minimum atomic E-state index is 1.00. The summed E-state index contributed by atoms with van der Waals surface area (Å²) in [5.41, 5.74) is 1.10. The van der Waals surface area contributed by atoms with Crippen molar-refractivity contribution in [1.29, 1.82) is 0 Å². The summed E-state index contributed by atoms with van der Waals surface area (Å²) < 4.78 is 0. The molecule has 0 spiro atoms. The molecule has 0 unspecified atom stereocenters. The first kappa shape index (κ1) is 9.95. The van der Waals surface area contributed by atoms with Crippen LogP contribution >= 0.6 is 0 Å². The maximum Gasteiger partial charge on any atom is 0.0312 e. The van der Waals surface area contributed by atoms with Gasteiger partial charge in [0.1, 0.15) is 0 Å². The van der Waals surface area contributed by atoms with Gasteiger partial charge >= 0.3 is 0 Å². The maximum absolute atomic E-state index is 3.62. The minimum Gasteiger partial charge on any atom is -0.385 e. The molecule has 0 aromatic carbocycles. The summed E-state index contributed by atoms with van der Waals surface area (Å²) in [7, 11) is 0. The Morgan fingerprint density at radius 2 is 2.36 bits per heavy atom. The number of rotatable bonds is 5. The van der Waals surface area contributed by atoms with Gasteiger partial charge in [-0.15, -0.1) is 0 Å². The summed E-state index contributed by atoms with van der Waals surface area (Å²) in [6, 6.07) is 0. The van der Waals surface area contributed by atoms with Gasteiger partial charge in [-0.1, -0.05) is 13.0 Å². The van der Waals surface area contributed by atoms with E-state index < -0.39 is 0 Å². The molecule has 11 heavy (non-hydrogen) atoms. The molecule has 0 bridgehead atoms. The molecule has 0 aromatic rings. The Hall–Kier alpha value is -1.05. The van der Waals surface area contributed by atoms with Gasteiger partial charge in [-0.2, -0.15) is 0 Å². The Labute approximate surface area is 68.7 Å². The Bertz CT molecular complexity index is 157. The second-order valence-corrected chi connectivity index (χ2v) is 2.17. The van der Waals surface area contributed by atoms with E-state index in [9.17, 15) is 0 Å². The van der Waals surface area contributed by atoms with Crippen LogP contribution in [0, 0.1) is 0 Å². The van der Waals surface area contributed by atoms with Crippen molar-refractivity contribution in [3.63, 3.8) is 0 Å². The second-order valence-electron chi connectivity index (χ2n) is 2.17. The van der Waals surface area contributed by atoms with E-state index in [0.717, 1.165) is 18.7 Å². The van der Waals surface area contributed by atoms with Crippen molar-refractivity contribution in [2.45, 2.75) is 20.3 Å². The minimum absolute atomic E-state index is 1.00. The quantitative estimate of drug-likeness (QED) is 0.473. The van der Waals surface area contributed by atoms with E-state index in [4.69, 9.17) is 0 Å². The van der Waals surface area contributed by atoms with Gasteiger partial charge in [0.2, 0.25) is 0 Å². The van der Waals surface area contributed by atoms with E-state index in [1.54, 1.807) is 6.20 Å². The summed E-state index contributed by atoms with van der Waals surface area (Å²) in [5.74, 6) is 0. The van der Waals surface area contributed by atoms with Crippen LogP contribution in [0.2, 0.25) is 0 Å². The first-order valence-electron chi connectivity index (χ1n) is 3.87. The zero-order valence-electron chi connectivity index (χ0n) is 7.30. The summed E-state index contributed by atoms with van der Waals surface area (Å²) in [5, 5.41) is 3.24. The molecule has 0 aliphatic carbocycles. The topological polar surface area (TPSA) is 24.4 Å². The highest BCUT2D eigenvalue weighted by Gasteiger charge is 1.85. The third-order valence-electron chi connectivity index (χ3n) is 1.25. The summed E-state index contributed by atoms with van der Waals surface area (Å²) in [6.45, 7) is 8.48. The molecule has 0 aromatic heterocycles. The lowest BCUT2D eigenvalue weighted by Crippen LogP contribution is -2.11. The van der Waals surface area contributed by atoms with Crippen LogP contribution in [0.25, 0.3) is 0 Å². The zero-order valence-corrected chi connectivity index (χ0v) is 7.30. The normalized spacial score (nSPS) is 12.0. The van der Waals surface area contributed by atoms with Gasteiger partial charge in [-0.3, -0.25) is 4.99 Å². The van der Waals surface area contributed by atoms with E-state index in [0.29, 0.717) is 0 Å². The average molecular weight is 152 g/mol. The van der Waals surface area contributed by atoms with Crippen molar-refractivity contribution >= 4 is 6.72 Å². The molecule has 0 aliphatic rings. The van der Waals surface area contributed by atoms with Gasteiger partial charge in [0.25, 0.3) is 0 Å². The molecule has 0 radical (unpaired) electrons. The van der Waals surface area contributed by atoms with Crippen LogP contribution in [-0.2, 0) is 0 Å². The molecular weight excluding hydrogens is 136 g/mol. The van der Waals surface area contributed by atoms with E-state index in [1.807, 2.05) is 19.1 Å². The van der Waals surface area contributed by atoms with Gasteiger partial charge < -0.3 is 5.32 Å². The molecule has 0 atom stereocenters. The van der Waals surface area contributed by atoms with E-state index >= 15 is 0 Å². The van der Waals surface area contributed by atoms with Crippen LogP contribution < -0.4 is 5.32 Å². The van der Waals surface area contributed by atoms with Crippen LogP contribution in [-0.4, -0.2) is 13.3 Å². The molecule has 2 nitrogen and oxygen atoms in total. The molecule has 1 N–H and O–H groups in total. The monoisotopic (exact) mass is 152 g/mol. The molecule has 0 fully saturated rings. The first-order valence-corrected chi connectivity index (χ1v) is 3.87. The second kappa shape index (κ2) is 7.06. The number of hydrogen-bond donors (Lipinski definition) is 1. The lowest BCUT2D eigenvalue weighted by Gasteiger charge is -2.02. The van der Waals surface area contributed by atoms with Crippen LogP contribution in [0.3, 0.4) is 0 Å². The fourth-order valence-electron chi connectivity index (χ4n) is 0.660. The largest absolute Gasteiger partial charge is 0.385 e. The lowest BCUT2D eigenvalue weighted by atomic mass is 10.3. The Balaban J connectivity index is 3.77. The van der Waals surface area contributed by atoms with Crippen LogP contribution in [0.4, 0.5) is 0 Å². The predicted molar refractivity (Wildman–Crippen MR) is 50.7 cm³/mol. The molecule has 0 amide bonds. The number of hydrogen-bond acceptors (Lipinski definition) is 2. The zero-order chi connectivity index (χ0) is 8.53. The summed E-state index contributed by atoms with van der Waals surface area (Å²) >= 11 is 0. The van der Waals surface area contributed by atoms with Crippen molar-refractivity contribution < 1.29 is 0 Å². The van der Waals surface area contributed by atoms with Crippen molar-refractivity contribution in [1.82, 2.24) is 5.32 Å². The Morgan fingerprint density at radius 3 is 2.82 bits per heavy atom. The van der Waals surface area contributed by atoms with Gasteiger partial charge in [0.05, 0.1) is 0 Å². The number of nitrogens with zero attached hydrogens (tertiary/aromatic N) is 1. The Morgan fingerprint density at radius 1 is 1.64 bits per heavy atom. The number of nitrogens with one attached hydrogen (secondary N) is 1. The average Bonchev–Trinajstić information content (AvgIpc) is 2.05. The molecule has 0 aliphatic heterocycles. The van der Waals surface area contributed by atoms with Gasteiger partial charge in [0.15, 0.2) is 0 Å². The van der Waals surface area contributed by atoms with Crippen molar-refractivity contribution in [2.75, 3.05) is 6.54 Å². The van der Waals surface area contributed by atoms with Gasteiger partial charge in [0, 0.05) is 18.4 Å². The molecule has 62 valence electrons. The third kappa shape index (κ3) is 5.40. The van der Waals surface area contributed by atoms with E-state index in [-0.39, 0.29) is 0 Å². The molecule has 0 heterocycles. The van der Waals surface area contributed by atoms with Gasteiger partial charge in [-0.05, 0) is 26.1 Å². The highest BCUT2D eigenvalue weighted by molar-refractivity contribution is 5.27. The van der Waals surface area contributed by atoms with Crippen molar-refractivity contribution in [3.05, 3.63) is 24.0 Å². The highest BCUT2D eigenvalue weighted by Crippen LogP contribution is 1.91. The fraction of sp³-hybridized carbons (Fsp3) is 0.444. The molecular formula is C9H16N2. The third-order valence-corrected chi connectivity index (χ3v) is 1.25. The highest BCUT2D eigenvalue weighted by atomic mass is 14.9. The fourth-order valence-corrected chi connectivity index (χ4v) is 0.660. The first-order chi connectivity index (χ1) is 5.35. The van der Waals surface area contributed by atoms with Crippen LogP contribution in [0.15, 0.2) is 29.0 Å². The van der Waals surface area contributed by atoms with Crippen molar-refractivity contribution in [3.8, 4) is 0 Å². The summed E-state index contributed by atoms with van der Waals surface area (Å²) in [4.78, 5) is 3.62. The molecule has 0 saturated heterocycles. The van der Waals surface area contributed by atoms with Crippen molar-refractivity contribution in [2.24, 2.45) is 4.99 Å². The number of allylic oxidation sites excluding steroid dienone is 2. The standard InChI is InChI=1S/C9H16N2/c1-4-7-11-9(5-2)6-8-10-3/h5-6,8,11H,3-4,7H2,1-2H3/b8-6-,9-5+. The SMILES string of the molecule is C=N/C=C\C(=C/C)NCCC. The molecule has 2 heteroatoms. The number of aliphatic imine (C=N–C) groups is 1. The van der Waals surface area contributed by atoms with E-state index in [2.05, 4.69) is 24.0 Å². The molecule has 0 rings (SSSR count). The predicted octanol–water partition coefficient (Wildman–Crippen LogP) is 2.10. The van der Waals surface area contributed by atoms with Gasteiger partial charge in [-0.25, -0.2) is 0 Å².